The number of aliphatic hydroxyl groups is 2. The zero-order chi connectivity index (χ0) is 30.2. The smallest absolute Gasteiger partial charge is 0.416 e. The number of benzene rings is 2. The number of ether oxygens (including phenoxy) is 1. The van der Waals surface area contributed by atoms with Gasteiger partial charge in [0.15, 0.2) is 6.73 Å². The van der Waals surface area contributed by atoms with Crippen LogP contribution in [0, 0.1) is 5.41 Å². The molecule has 1 saturated heterocycles. The highest BCUT2D eigenvalue weighted by Crippen LogP contribution is 2.47. The molecule has 2 aromatic rings. The largest absolute Gasteiger partial charge is 0.473 e. The molecule has 5 rings (SSSR count). The van der Waals surface area contributed by atoms with E-state index in [9.17, 15) is 33.0 Å². The summed E-state index contributed by atoms with van der Waals surface area (Å²) in [7, 11) is 3.46. The fourth-order valence-electron chi connectivity index (χ4n) is 6.85. The van der Waals surface area contributed by atoms with E-state index in [1.165, 1.54) is 11.0 Å². The maximum atomic E-state index is 13.9. The highest BCUT2D eigenvalue weighted by atomic mass is 19.4. The Kier molecular flexibility index (Phi) is 8.55. The lowest BCUT2D eigenvalue weighted by Crippen LogP contribution is -2.51. The Labute approximate surface area is 243 Å². The van der Waals surface area contributed by atoms with Crippen LogP contribution in [-0.2, 0) is 17.5 Å². The van der Waals surface area contributed by atoms with Gasteiger partial charge < -0.3 is 29.6 Å². The van der Waals surface area contributed by atoms with Gasteiger partial charge >= 0.3 is 6.18 Å². The number of hydrogen-bond acceptors (Lipinski definition) is 6. The molecule has 2 aliphatic heterocycles. The molecule has 2 N–H and O–H groups in total. The predicted octanol–water partition coefficient (Wildman–Crippen LogP) is 3.86. The van der Waals surface area contributed by atoms with Crippen molar-refractivity contribution in [1.29, 1.82) is 0 Å². The standard InChI is InChI=1S/C31H38F3N3O5/c1-35(2)28(40)22-5-3-4-21(14-22)20-8-11-36(12-9-20)25-16-27(39)30(17-25,10-13-38)29(41)37-18-23-15-24(31(32,33)34)6-7-26(23)42-19-37/h3-7,14-15,20,25,27,38-39H,8-13,16-19H2,1-2H3/t25-,27-,30-/m1/s1. The maximum absolute atomic E-state index is 13.9. The summed E-state index contributed by atoms with van der Waals surface area (Å²) >= 11 is 0. The molecule has 2 amide bonds. The number of likely N-dealkylation sites (tertiary alicyclic amines) is 1. The minimum absolute atomic E-state index is 0.0393. The second-order valence-electron chi connectivity index (χ2n) is 12.0. The van der Waals surface area contributed by atoms with Crippen molar-refractivity contribution < 1.29 is 37.7 Å². The third-order valence-electron chi connectivity index (χ3n) is 9.19. The highest BCUT2D eigenvalue weighted by molar-refractivity contribution is 5.94. The van der Waals surface area contributed by atoms with Crippen LogP contribution in [0.2, 0.25) is 0 Å². The lowest BCUT2D eigenvalue weighted by Gasteiger charge is -2.39. The van der Waals surface area contributed by atoms with Gasteiger partial charge in [0, 0.05) is 37.9 Å². The molecule has 3 atom stereocenters. The Bertz CT molecular complexity index is 1310. The van der Waals surface area contributed by atoms with E-state index in [0.717, 1.165) is 43.6 Å². The van der Waals surface area contributed by atoms with Crippen LogP contribution in [0.1, 0.15) is 65.1 Å². The van der Waals surface area contributed by atoms with Gasteiger partial charge in [0.25, 0.3) is 5.91 Å². The van der Waals surface area contributed by atoms with Crippen LogP contribution in [0.5, 0.6) is 5.75 Å². The van der Waals surface area contributed by atoms with Gasteiger partial charge in [-0.25, -0.2) is 0 Å². The molecular weight excluding hydrogens is 551 g/mol. The monoisotopic (exact) mass is 589 g/mol. The zero-order valence-corrected chi connectivity index (χ0v) is 23.9. The maximum Gasteiger partial charge on any atom is 0.416 e. The van der Waals surface area contributed by atoms with Crippen LogP contribution in [0.4, 0.5) is 13.2 Å². The number of hydrogen-bond donors (Lipinski definition) is 2. The summed E-state index contributed by atoms with van der Waals surface area (Å²) in [6, 6.07) is 10.9. The van der Waals surface area contributed by atoms with E-state index in [1.54, 1.807) is 19.0 Å². The number of fused-ring (bicyclic) bond motifs is 1. The van der Waals surface area contributed by atoms with Crippen molar-refractivity contribution >= 4 is 11.8 Å². The first-order valence-corrected chi connectivity index (χ1v) is 14.4. The summed E-state index contributed by atoms with van der Waals surface area (Å²) in [6.07, 6.45) is -3.02. The van der Waals surface area contributed by atoms with Crippen LogP contribution in [0.3, 0.4) is 0 Å². The fraction of sp³-hybridized carbons (Fsp3) is 0.548. The molecule has 0 unspecified atom stereocenters. The summed E-state index contributed by atoms with van der Waals surface area (Å²) in [6.45, 7) is 1.02. The van der Waals surface area contributed by atoms with Crippen LogP contribution in [0.15, 0.2) is 42.5 Å². The molecule has 0 aromatic heterocycles. The summed E-state index contributed by atoms with van der Waals surface area (Å²) in [4.78, 5) is 31.5. The van der Waals surface area contributed by atoms with Gasteiger partial charge in [-0.3, -0.25) is 9.59 Å². The van der Waals surface area contributed by atoms with Gasteiger partial charge in [-0.1, -0.05) is 12.1 Å². The molecule has 3 aliphatic rings. The number of aliphatic hydroxyl groups excluding tert-OH is 2. The van der Waals surface area contributed by atoms with Gasteiger partial charge in [0.05, 0.1) is 23.6 Å². The first-order chi connectivity index (χ1) is 19.9. The summed E-state index contributed by atoms with van der Waals surface area (Å²) < 4.78 is 45.5. The number of halogens is 3. The minimum Gasteiger partial charge on any atom is -0.473 e. The second-order valence-corrected chi connectivity index (χ2v) is 12.0. The molecular formula is C31H38F3N3O5. The quantitative estimate of drug-likeness (QED) is 0.532. The number of carbonyl (C=O) groups excluding carboxylic acids is 2. The number of rotatable bonds is 6. The van der Waals surface area contributed by atoms with Crippen molar-refractivity contribution in [1.82, 2.24) is 14.7 Å². The Balaban J connectivity index is 1.26. The van der Waals surface area contributed by atoms with E-state index in [1.807, 2.05) is 24.3 Å². The lowest BCUT2D eigenvalue weighted by molar-refractivity contribution is -0.154. The van der Waals surface area contributed by atoms with Gasteiger partial charge in [0.2, 0.25) is 5.91 Å². The van der Waals surface area contributed by atoms with Crippen molar-refractivity contribution in [2.45, 2.75) is 62.9 Å². The first-order valence-electron chi connectivity index (χ1n) is 14.4. The molecule has 1 saturated carbocycles. The Morgan fingerprint density at radius 1 is 1.12 bits per heavy atom. The van der Waals surface area contributed by atoms with Crippen molar-refractivity contribution in [2.75, 3.05) is 40.5 Å². The van der Waals surface area contributed by atoms with Crippen LogP contribution >= 0.6 is 0 Å². The molecule has 1 aliphatic carbocycles. The molecule has 0 radical (unpaired) electrons. The Morgan fingerprint density at radius 3 is 2.52 bits per heavy atom. The third-order valence-corrected chi connectivity index (χ3v) is 9.19. The van der Waals surface area contributed by atoms with Gasteiger partial charge in [0.1, 0.15) is 5.75 Å². The number of piperidine rings is 1. The van der Waals surface area contributed by atoms with E-state index >= 15 is 0 Å². The minimum atomic E-state index is -4.52. The second kappa shape index (κ2) is 11.9. The molecule has 2 heterocycles. The molecule has 0 spiro atoms. The number of amides is 2. The van der Waals surface area contributed by atoms with Crippen LogP contribution in [0.25, 0.3) is 0 Å². The number of alkyl halides is 3. The molecule has 2 aromatic carbocycles. The predicted molar refractivity (Wildman–Crippen MR) is 149 cm³/mol. The van der Waals surface area contributed by atoms with E-state index in [4.69, 9.17) is 4.74 Å². The van der Waals surface area contributed by atoms with E-state index < -0.39 is 29.2 Å². The van der Waals surface area contributed by atoms with Crippen molar-refractivity contribution in [3.63, 3.8) is 0 Å². The fourth-order valence-corrected chi connectivity index (χ4v) is 6.85. The van der Waals surface area contributed by atoms with E-state index in [-0.39, 0.29) is 43.8 Å². The van der Waals surface area contributed by atoms with Crippen molar-refractivity contribution in [2.24, 2.45) is 5.41 Å². The molecule has 11 heteroatoms. The van der Waals surface area contributed by atoms with Crippen LogP contribution in [-0.4, -0.2) is 89.4 Å². The number of carbonyl (C=O) groups is 2. The third kappa shape index (κ3) is 5.87. The normalized spacial score (nSPS) is 25.2. The number of nitrogens with zero attached hydrogens (tertiary/aromatic N) is 3. The molecule has 8 nitrogen and oxygen atoms in total. The van der Waals surface area contributed by atoms with E-state index in [2.05, 4.69) is 4.90 Å². The highest BCUT2D eigenvalue weighted by Gasteiger charge is 2.55. The SMILES string of the molecule is CN(C)C(=O)c1cccc(C2CCN([C@@H]3C[C@@H](O)[C@](CCO)(C(=O)N4COc5ccc(C(F)(F)F)cc5C4)C3)CC2)c1. The van der Waals surface area contributed by atoms with Crippen molar-refractivity contribution in [3.05, 3.63) is 64.7 Å². The molecule has 0 bridgehead atoms. The van der Waals surface area contributed by atoms with Crippen molar-refractivity contribution in [3.8, 4) is 5.75 Å². The van der Waals surface area contributed by atoms with Gasteiger partial charge in [-0.2, -0.15) is 13.2 Å². The summed E-state index contributed by atoms with van der Waals surface area (Å²) in [5.41, 5.74) is -0.0296. The Morgan fingerprint density at radius 2 is 1.86 bits per heavy atom. The topological polar surface area (TPSA) is 93.6 Å². The van der Waals surface area contributed by atoms with Gasteiger partial charge in [-0.15, -0.1) is 0 Å². The van der Waals surface area contributed by atoms with Gasteiger partial charge in [-0.05, 0) is 87.0 Å². The summed E-state index contributed by atoms with van der Waals surface area (Å²) in [5, 5.41) is 21.2. The first kappa shape index (κ1) is 30.3. The van der Waals surface area contributed by atoms with E-state index in [0.29, 0.717) is 30.1 Å². The Hall–Kier alpha value is -3.15. The van der Waals surface area contributed by atoms with Crippen LogP contribution < -0.4 is 4.74 Å². The molecule has 2 fully saturated rings. The average Bonchev–Trinajstić information content (AvgIpc) is 3.32. The molecule has 42 heavy (non-hydrogen) atoms. The summed E-state index contributed by atoms with van der Waals surface area (Å²) in [5.74, 6) is 0.139. The average molecular weight is 590 g/mol. The lowest BCUT2D eigenvalue weighted by atomic mass is 9.78. The zero-order valence-electron chi connectivity index (χ0n) is 23.9. The molecule has 228 valence electrons.